The highest BCUT2D eigenvalue weighted by molar-refractivity contribution is 6.30. The molecule has 0 radical (unpaired) electrons. The van der Waals surface area contributed by atoms with E-state index in [-0.39, 0.29) is 0 Å². The van der Waals surface area contributed by atoms with Gasteiger partial charge in [0.1, 0.15) is 6.61 Å². The molecule has 3 nitrogen and oxygen atoms in total. The van der Waals surface area contributed by atoms with Crippen LogP contribution in [0, 0.1) is 11.3 Å². The predicted molar refractivity (Wildman–Crippen MR) is 64.7 cm³/mol. The van der Waals surface area contributed by atoms with E-state index >= 15 is 0 Å². The first-order valence-electron chi connectivity index (χ1n) is 5.01. The number of hydrogen-bond acceptors (Lipinski definition) is 3. The van der Waals surface area contributed by atoms with Crippen LogP contribution in [0.3, 0.4) is 0 Å². The normalized spacial score (nSPS) is 9.65. The van der Waals surface area contributed by atoms with Gasteiger partial charge >= 0.3 is 0 Å². The van der Waals surface area contributed by atoms with Crippen LogP contribution in [-0.4, -0.2) is 4.98 Å². The molecule has 2 rings (SSSR count). The molecule has 84 valence electrons. The summed E-state index contributed by atoms with van der Waals surface area (Å²) in [5.41, 5.74) is 1.62. The fraction of sp³-hybridized carbons (Fsp3) is 0.0769. The van der Waals surface area contributed by atoms with Gasteiger partial charge in [-0.05, 0) is 23.8 Å². The Kier molecular flexibility index (Phi) is 3.59. The second kappa shape index (κ2) is 5.33. The molecular weight excluding hydrogens is 236 g/mol. The van der Waals surface area contributed by atoms with Gasteiger partial charge in [-0.1, -0.05) is 23.7 Å². The monoisotopic (exact) mass is 244 g/mol. The average Bonchev–Trinajstić information content (AvgIpc) is 2.39. The molecule has 1 heterocycles. The molecule has 2 aromatic rings. The number of hydrogen-bond donors (Lipinski definition) is 0. The number of rotatable bonds is 3. The second-order valence-electron chi connectivity index (χ2n) is 3.41. The van der Waals surface area contributed by atoms with Crippen molar-refractivity contribution in [2.45, 2.75) is 6.61 Å². The van der Waals surface area contributed by atoms with Crippen molar-refractivity contribution in [1.82, 2.24) is 4.98 Å². The lowest BCUT2D eigenvalue weighted by atomic mass is 10.2. The molecule has 0 aliphatic heterocycles. The largest absolute Gasteiger partial charge is 0.473 e. The van der Waals surface area contributed by atoms with Crippen molar-refractivity contribution in [2.24, 2.45) is 0 Å². The van der Waals surface area contributed by atoms with Gasteiger partial charge in [-0.3, -0.25) is 0 Å². The van der Waals surface area contributed by atoms with Gasteiger partial charge in [0.2, 0.25) is 5.88 Å². The predicted octanol–water partition coefficient (Wildman–Crippen LogP) is 3.19. The van der Waals surface area contributed by atoms with Crippen LogP contribution in [0.4, 0.5) is 0 Å². The molecule has 0 atom stereocenters. The Morgan fingerprint density at radius 2 is 1.94 bits per heavy atom. The lowest BCUT2D eigenvalue weighted by molar-refractivity contribution is 0.294. The van der Waals surface area contributed by atoms with Gasteiger partial charge in [0, 0.05) is 12.3 Å². The SMILES string of the molecule is N#Cc1ccc(COc2ccc(Cl)cn2)cc1. The van der Waals surface area contributed by atoms with Crippen LogP contribution in [0.5, 0.6) is 5.88 Å². The molecule has 0 bridgehead atoms. The second-order valence-corrected chi connectivity index (χ2v) is 3.85. The molecule has 0 aliphatic carbocycles. The minimum Gasteiger partial charge on any atom is -0.473 e. The Morgan fingerprint density at radius 3 is 2.53 bits per heavy atom. The number of pyridine rings is 1. The van der Waals surface area contributed by atoms with Gasteiger partial charge in [-0.25, -0.2) is 4.98 Å². The maximum absolute atomic E-state index is 8.66. The quantitative estimate of drug-likeness (QED) is 0.833. The van der Waals surface area contributed by atoms with E-state index in [1.807, 2.05) is 12.1 Å². The van der Waals surface area contributed by atoms with E-state index in [0.717, 1.165) is 5.56 Å². The lowest BCUT2D eigenvalue weighted by Crippen LogP contribution is -1.96. The van der Waals surface area contributed by atoms with Crippen molar-refractivity contribution in [3.63, 3.8) is 0 Å². The summed E-state index contributed by atoms with van der Waals surface area (Å²) >= 11 is 5.71. The summed E-state index contributed by atoms with van der Waals surface area (Å²) in [6, 6.07) is 12.7. The Balaban J connectivity index is 1.98. The summed E-state index contributed by atoms with van der Waals surface area (Å²) in [5, 5.41) is 9.24. The number of nitrogens with zero attached hydrogens (tertiary/aromatic N) is 2. The molecule has 0 fully saturated rings. The van der Waals surface area contributed by atoms with Gasteiger partial charge < -0.3 is 4.74 Å². The van der Waals surface area contributed by atoms with Crippen LogP contribution in [0.25, 0.3) is 0 Å². The van der Waals surface area contributed by atoms with E-state index in [4.69, 9.17) is 21.6 Å². The van der Waals surface area contributed by atoms with Crippen molar-refractivity contribution in [2.75, 3.05) is 0 Å². The van der Waals surface area contributed by atoms with Crippen molar-refractivity contribution in [3.8, 4) is 11.9 Å². The number of aromatic nitrogens is 1. The van der Waals surface area contributed by atoms with Gasteiger partial charge in [-0.15, -0.1) is 0 Å². The molecule has 0 saturated heterocycles. The first-order chi connectivity index (χ1) is 8.28. The summed E-state index contributed by atoms with van der Waals surface area (Å²) in [6.07, 6.45) is 1.54. The highest BCUT2D eigenvalue weighted by atomic mass is 35.5. The van der Waals surface area contributed by atoms with Crippen LogP contribution in [0.2, 0.25) is 5.02 Å². The Labute approximate surface area is 104 Å². The van der Waals surface area contributed by atoms with E-state index in [0.29, 0.717) is 23.1 Å². The van der Waals surface area contributed by atoms with Crippen LogP contribution in [-0.2, 0) is 6.61 Å². The fourth-order valence-electron chi connectivity index (χ4n) is 1.28. The van der Waals surface area contributed by atoms with Crippen LogP contribution >= 0.6 is 11.6 Å². The van der Waals surface area contributed by atoms with Crippen molar-refractivity contribution in [1.29, 1.82) is 5.26 Å². The standard InChI is InChI=1S/C13H9ClN2O/c14-12-5-6-13(16-8-12)17-9-11-3-1-10(7-15)2-4-11/h1-6,8H,9H2. The van der Waals surface area contributed by atoms with Gasteiger partial charge in [-0.2, -0.15) is 5.26 Å². The minimum absolute atomic E-state index is 0.417. The molecule has 1 aromatic carbocycles. The molecule has 4 heteroatoms. The zero-order chi connectivity index (χ0) is 12.1. The maximum Gasteiger partial charge on any atom is 0.213 e. The van der Waals surface area contributed by atoms with Gasteiger partial charge in [0.05, 0.1) is 16.7 Å². The first-order valence-corrected chi connectivity index (χ1v) is 5.39. The summed E-state index contributed by atoms with van der Waals surface area (Å²) in [7, 11) is 0. The molecule has 0 saturated carbocycles. The molecule has 0 amide bonds. The highest BCUT2D eigenvalue weighted by Gasteiger charge is 1.97. The number of halogens is 1. The molecule has 1 aromatic heterocycles. The fourth-order valence-corrected chi connectivity index (χ4v) is 1.39. The van der Waals surface area contributed by atoms with Crippen LogP contribution in [0.15, 0.2) is 42.6 Å². The van der Waals surface area contributed by atoms with E-state index < -0.39 is 0 Å². The average molecular weight is 245 g/mol. The van der Waals surface area contributed by atoms with Crippen molar-refractivity contribution >= 4 is 11.6 Å². The van der Waals surface area contributed by atoms with E-state index in [9.17, 15) is 0 Å². The smallest absolute Gasteiger partial charge is 0.213 e. The molecule has 0 aliphatic rings. The number of benzene rings is 1. The van der Waals surface area contributed by atoms with E-state index in [2.05, 4.69) is 11.1 Å². The van der Waals surface area contributed by atoms with Gasteiger partial charge in [0.25, 0.3) is 0 Å². The topological polar surface area (TPSA) is 45.9 Å². The highest BCUT2D eigenvalue weighted by Crippen LogP contribution is 2.13. The third-order valence-corrected chi connectivity index (χ3v) is 2.39. The number of nitriles is 1. The molecule has 17 heavy (non-hydrogen) atoms. The summed E-state index contributed by atoms with van der Waals surface area (Å²) in [4.78, 5) is 4.02. The van der Waals surface area contributed by atoms with E-state index in [1.54, 1.807) is 24.3 Å². The zero-order valence-corrected chi connectivity index (χ0v) is 9.69. The molecule has 0 unspecified atom stereocenters. The lowest BCUT2D eigenvalue weighted by Gasteiger charge is -2.04. The van der Waals surface area contributed by atoms with Crippen molar-refractivity contribution in [3.05, 3.63) is 58.7 Å². The minimum atomic E-state index is 0.417. The Morgan fingerprint density at radius 1 is 1.18 bits per heavy atom. The van der Waals surface area contributed by atoms with Crippen molar-refractivity contribution < 1.29 is 4.74 Å². The number of ether oxygens (including phenoxy) is 1. The molecule has 0 spiro atoms. The van der Waals surface area contributed by atoms with Crippen LogP contribution in [0.1, 0.15) is 11.1 Å². The molecular formula is C13H9ClN2O. The third kappa shape index (κ3) is 3.20. The zero-order valence-electron chi connectivity index (χ0n) is 8.93. The van der Waals surface area contributed by atoms with Gasteiger partial charge in [0.15, 0.2) is 0 Å². The maximum atomic E-state index is 8.66. The summed E-state index contributed by atoms with van der Waals surface area (Å²) in [5.74, 6) is 0.527. The summed E-state index contributed by atoms with van der Waals surface area (Å²) < 4.78 is 5.47. The first kappa shape index (κ1) is 11.4. The Hall–Kier alpha value is -2.05. The van der Waals surface area contributed by atoms with E-state index in [1.165, 1.54) is 6.20 Å². The summed E-state index contributed by atoms with van der Waals surface area (Å²) in [6.45, 7) is 0.417. The molecule has 0 N–H and O–H groups in total. The van der Waals surface area contributed by atoms with Crippen LogP contribution < -0.4 is 4.74 Å². The third-order valence-electron chi connectivity index (χ3n) is 2.17. The Bertz CT molecular complexity index is 529.